The molecule has 0 spiro atoms. The first-order chi connectivity index (χ1) is 12.8. The van der Waals surface area contributed by atoms with Gasteiger partial charge in [-0.05, 0) is 11.1 Å². The normalized spacial score (nSPS) is 19.0. The number of urea groups is 1. The van der Waals surface area contributed by atoms with Gasteiger partial charge in [0.25, 0.3) is 5.91 Å². The van der Waals surface area contributed by atoms with Gasteiger partial charge in [0.15, 0.2) is 5.54 Å². The van der Waals surface area contributed by atoms with Crippen LogP contribution >= 0.6 is 0 Å². The van der Waals surface area contributed by atoms with E-state index >= 15 is 0 Å². The van der Waals surface area contributed by atoms with E-state index in [1.807, 2.05) is 30.3 Å². The number of carbonyl (C=O) groups is 3. The van der Waals surface area contributed by atoms with Crippen LogP contribution in [0, 0.1) is 5.41 Å². The van der Waals surface area contributed by atoms with Gasteiger partial charge >= 0.3 is 12.0 Å². The lowest BCUT2D eigenvalue weighted by molar-refractivity contribution is -0.143. The molecule has 8 heteroatoms. The molecule has 1 atom stereocenters. The van der Waals surface area contributed by atoms with Crippen LogP contribution in [0.4, 0.5) is 4.79 Å². The summed E-state index contributed by atoms with van der Waals surface area (Å²) in [6, 6.07) is 14.8. The Labute approximate surface area is 155 Å². The maximum Gasteiger partial charge on any atom is 0.325 e. The number of rotatable bonds is 6. The van der Waals surface area contributed by atoms with Crippen molar-refractivity contribution in [1.29, 1.82) is 5.41 Å². The second-order valence-corrected chi connectivity index (χ2v) is 6.27. The van der Waals surface area contributed by atoms with Gasteiger partial charge in [0.05, 0.1) is 0 Å². The molecule has 8 nitrogen and oxygen atoms in total. The van der Waals surface area contributed by atoms with Gasteiger partial charge in [-0.1, -0.05) is 54.6 Å². The van der Waals surface area contributed by atoms with Crippen molar-refractivity contribution in [2.24, 2.45) is 5.73 Å². The fourth-order valence-electron chi connectivity index (χ4n) is 3.16. The van der Waals surface area contributed by atoms with Gasteiger partial charge in [-0.15, -0.1) is 0 Å². The predicted molar refractivity (Wildman–Crippen MR) is 97.2 cm³/mol. The van der Waals surface area contributed by atoms with Crippen molar-refractivity contribution in [3.63, 3.8) is 0 Å². The van der Waals surface area contributed by atoms with Gasteiger partial charge in [-0.25, -0.2) is 4.79 Å². The van der Waals surface area contributed by atoms with Crippen LogP contribution in [0.3, 0.4) is 0 Å². The molecule has 5 N–H and O–H groups in total. The molecule has 2 aromatic rings. The van der Waals surface area contributed by atoms with Crippen molar-refractivity contribution in [2.75, 3.05) is 6.54 Å². The molecule has 1 aliphatic heterocycles. The third kappa shape index (κ3) is 3.37. The molecule has 1 heterocycles. The highest BCUT2D eigenvalue weighted by Gasteiger charge is 2.52. The fourth-order valence-corrected chi connectivity index (χ4v) is 3.16. The van der Waals surface area contributed by atoms with Crippen molar-refractivity contribution in [3.05, 3.63) is 71.3 Å². The van der Waals surface area contributed by atoms with Gasteiger partial charge in [-0.2, -0.15) is 0 Å². The summed E-state index contributed by atoms with van der Waals surface area (Å²) in [5, 5.41) is 19.2. The third-order valence-corrected chi connectivity index (χ3v) is 4.47. The molecule has 2 aromatic carbocycles. The zero-order chi connectivity index (χ0) is 19.6. The molecule has 0 saturated carbocycles. The Morgan fingerprint density at radius 1 is 1.11 bits per heavy atom. The molecule has 3 amide bonds. The van der Waals surface area contributed by atoms with Crippen molar-refractivity contribution in [2.45, 2.75) is 12.0 Å². The molecule has 0 radical (unpaired) electrons. The van der Waals surface area contributed by atoms with E-state index in [2.05, 4.69) is 5.32 Å². The SMILES string of the molecule is N=C(N)c1ccc([C@@]2(Cc3ccccc3)NC(=O)N(CC(=O)O)C2=O)cc1. The predicted octanol–water partition coefficient (Wildman–Crippen LogP) is 1.05. The standard InChI is InChI=1S/C19H18N4O4/c20-16(21)13-6-8-14(9-7-13)19(10-12-4-2-1-3-5-12)17(26)23(11-15(24)25)18(27)22-19/h1-9H,10-11H2,(H3,20,21)(H,22,27)(H,24,25)/t19-/m1/s1. The van der Waals surface area contributed by atoms with E-state index in [9.17, 15) is 14.4 Å². The molecule has 0 bridgehead atoms. The molecular formula is C19H18N4O4. The van der Waals surface area contributed by atoms with E-state index in [-0.39, 0.29) is 12.3 Å². The Morgan fingerprint density at radius 3 is 2.30 bits per heavy atom. The van der Waals surface area contributed by atoms with Crippen LogP contribution in [0.15, 0.2) is 54.6 Å². The summed E-state index contributed by atoms with van der Waals surface area (Å²) in [4.78, 5) is 37.2. The first-order valence-corrected chi connectivity index (χ1v) is 8.18. The maximum absolute atomic E-state index is 13.1. The van der Waals surface area contributed by atoms with Gasteiger partial charge in [0.2, 0.25) is 0 Å². The van der Waals surface area contributed by atoms with E-state index in [1.54, 1.807) is 24.3 Å². The van der Waals surface area contributed by atoms with Crippen LogP contribution in [0.25, 0.3) is 0 Å². The number of nitrogens with zero attached hydrogens (tertiary/aromatic N) is 1. The first-order valence-electron chi connectivity index (χ1n) is 8.18. The molecule has 0 aromatic heterocycles. The van der Waals surface area contributed by atoms with Crippen LogP contribution < -0.4 is 11.1 Å². The lowest BCUT2D eigenvalue weighted by Crippen LogP contribution is -2.46. The molecule has 1 fully saturated rings. The average molecular weight is 366 g/mol. The summed E-state index contributed by atoms with van der Waals surface area (Å²) in [5.74, 6) is -2.02. The number of imide groups is 1. The molecule has 1 saturated heterocycles. The number of carbonyl (C=O) groups excluding carboxylic acids is 2. The summed E-state index contributed by atoms with van der Waals surface area (Å²) in [6.45, 7) is -0.716. The number of nitrogen functional groups attached to an aromatic ring is 1. The van der Waals surface area contributed by atoms with E-state index in [1.165, 1.54) is 0 Å². The van der Waals surface area contributed by atoms with Crippen molar-refractivity contribution < 1.29 is 19.5 Å². The van der Waals surface area contributed by atoms with Crippen LogP contribution in [0.5, 0.6) is 0 Å². The summed E-state index contributed by atoms with van der Waals surface area (Å²) in [7, 11) is 0. The summed E-state index contributed by atoms with van der Waals surface area (Å²) < 4.78 is 0. The van der Waals surface area contributed by atoms with E-state index in [4.69, 9.17) is 16.2 Å². The number of benzene rings is 2. The summed E-state index contributed by atoms with van der Waals surface area (Å²) >= 11 is 0. The van der Waals surface area contributed by atoms with Crippen LogP contribution in [-0.4, -0.2) is 40.3 Å². The van der Waals surface area contributed by atoms with E-state index in [0.29, 0.717) is 16.0 Å². The van der Waals surface area contributed by atoms with E-state index < -0.39 is 30.0 Å². The highest BCUT2D eigenvalue weighted by Crippen LogP contribution is 2.33. The highest BCUT2D eigenvalue weighted by atomic mass is 16.4. The molecule has 3 rings (SSSR count). The third-order valence-electron chi connectivity index (χ3n) is 4.47. The molecule has 1 aliphatic rings. The van der Waals surface area contributed by atoms with Crippen molar-refractivity contribution in [1.82, 2.24) is 10.2 Å². The Kier molecular flexibility index (Phi) is 4.64. The zero-order valence-electron chi connectivity index (χ0n) is 14.3. The molecule has 138 valence electrons. The topological polar surface area (TPSA) is 137 Å². The number of nitrogens with one attached hydrogen (secondary N) is 2. The number of hydrogen-bond acceptors (Lipinski definition) is 4. The monoisotopic (exact) mass is 366 g/mol. The van der Waals surface area contributed by atoms with E-state index in [0.717, 1.165) is 5.56 Å². The largest absolute Gasteiger partial charge is 0.480 e. The number of aliphatic carboxylic acids is 1. The van der Waals surface area contributed by atoms with Crippen LogP contribution in [0.2, 0.25) is 0 Å². The zero-order valence-corrected chi connectivity index (χ0v) is 14.3. The quantitative estimate of drug-likeness (QED) is 0.344. The van der Waals surface area contributed by atoms with Crippen molar-refractivity contribution in [3.8, 4) is 0 Å². The lowest BCUT2D eigenvalue weighted by atomic mass is 9.83. The van der Waals surface area contributed by atoms with Gasteiger partial charge in [0.1, 0.15) is 12.4 Å². The Balaban J connectivity index is 2.07. The number of hydrogen-bond donors (Lipinski definition) is 4. The van der Waals surface area contributed by atoms with Gasteiger partial charge in [-0.3, -0.25) is 19.9 Å². The fraction of sp³-hybridized carbons (Fsp3) is 0.158. The molecule has 27 heavy (non-hydrogen) atoms. The molecular weight excluding hydrogens is 348 g/mol. The average Bonchev–Trinajstić information content (AvgIpc) is 2.87. The minimum Gasteiger partial charge on any atom is -0.480 e. The Bertz CT molecular complexity index is 911. The lowest BCUT2D eigenvalue weighted by Gasteiger charge is -2.27. The van der Waals surface area contributed by atoms with Crippen LogP contribution in [-0.2, 0) is 21.5 Å². The van der Waals surface area contributed by atoms with Gasteiger partial charge in [0, 0.05) is 12.0 Å². The minimum absolute atomic E-state index is 0.118. The summed E-state index contributed by atoms with van der Waals surface area (Å²) in [5.41, 5.74) is 5.82. The minimum atomic E-state index is -1.43. The smallest absolute Gasteiger partial charge is 0.325 e. The summed E-state index contributed by atoms with van der Waals surface area (Å²) in [6.07, 6.45) is 0.161. The van der Waals surface area contributed by atoms with Crippen molar-refractivity contribution >= 4 is 23.7 Å². The number of carboxylic acids is 1. The Morgan fingerprint density at radius 2 is 1.74 bits per heavy atom. The first kappa shape index (κ1) is 18.1. The van der Waals surface area contributed by atoms with Crippen LogP contribution in [0.1, 0.15) is 16.7 Å². The molecule has 0 unspecified atom stereocenters. The second kappa shape index (κ2) is 6.91. The number of amidine groups is 1. The highest BCUT2D eigenvalue weighted by molar-refractivity contribution is 6.09. The number of nitrogens with two attached hydrogens (primary N) is 1. The second-order valence-electron chi connectivity index (χ2n) is 6.27. The number of amides is 3. The maximum atomic E-state index is 13.1. The Hall–Kier alpha value is -3.68. The molecule has 0 aliphatic carbocycles. The number of carboxylic acid groups (broad SMARTS) is 1. The van der Waals surface area contributed by atoms with Gasteiger partial charge < -0.3 is 16.2 Å².